The van der Waals surface area contributed by atoms with Crippen molar-refractivity contribution in [3.8, 4) is 0 Å². The van der Waals surface area contributed by atoms with Gasteiger partial charge in [-0.05, 0) is 57.2 Å². The molecule has 3 heteroatoms. The van der Waals surface area contributed by atoms with Gasteiger partial charge in [-0.2, -0.15) is 0 Å². The number of amides is 1. The lowest BCUT2D eigenvalue weighted by atomic mass is 10.1. The molecule has 0 fully saturated rings. The van der Waals surface area contributed by atoms with E-state index in [9.17, 15) is 9.59 Å². The van der Waals surface area contributed by atoms with Crippen LogP contribution in [0.15, 0.2) is 42.5 Å². The van der Waals surface area contributed by atoms with Crippen LogP contribution in [0.5, 0.6) is 0 Å². The molecule has 0 atom stereocenters. The number of carbonyl (C=O) groups excluding carboxylic acids is 2. The number of Topliss-reactive ketones (excluding diaryl/α,β-unsaturated/α-hetero) is 1. The molecule has 0 aliphatic rings. The first-order chi connectivity index (χ1) is 9.45. The molecule has 0 saturated carbocycles. The lowest BCUT2D eigenvalue weighted by molar-refractivity contribution is 0.101. The van der Waals surface area contributed by atoms with Crippen LogP contribution < -0.4 is 5.32 Å². The molecule has 1 N–H and O–H groups in total. The Labute approximate surface area is 118 Å². The van der Waals surface area contributed by atoms with Crippen LogP contribution in [-0.2, 0) is 0 Å². The number of ketones is 1. The van der Waals surface area contributed by atoms with Crippen LogP contribution in [0.4, 0.5) is 5.69 Å². The second kappa shape index (κ2) is 5.70. The molecule has 1 amide bonds. The van der Waals surface area contributed by atoms with Gasteiger partial charge in [0.25, 0.3) is 5.91 Å². The number of hydrogen-bond acceptors (Lipinski definition) is 2. The zero-order chi connectivity index (χ0) is 14.7. The molecule has 0 aromatic heterocycles. The van der Waals surface area contributed by atoms with Gasteiger partial charge in [-0.25, -0.2) is 0 Å². The summed E-state index contributed by atoms with van der Waals surface area (Å²) in [5.41, 5.74) is 4.07. The Kier molecular flexibility index (Phi) is 3.99. The zero-order valence-electron chi connectivity index (χ0n) is 11.9. The van der Waals surface area contributed by atoms with E-state index in [1.54, 1.807) is 24.3 Å². The molecule has 2 aromatic rings. The van der Waals surface area contributed by atoms with Crippen LogP contribution in [0.2, 0.25) is 0 Å². The van der Waals surface area contributed by atoms with Crippen LogP contribution in [0.3, 0.4) is 0 Å². The van der Waals surface area contributed by atoms with Crippen molar-refractivity contribution in [3.05, 3.63) is 64.7 Å². The highest BCUT2D eigenvalue weighted by Crippen LogP contribution is 2.14. The normalized spacial score (nSPS) is 10.2. The monoisotopic (exact) mass is 267 g/mol. The molecule has 0 saturated heterocycles. The molecule has 102 valence electrons. The Balaban J connectivity index is 2.16. The molecule has 0 aliphatic carbocycles. The van der Waals surface area contributed by atoms with Crippen LogP contribution >= 0.6 is 0 Å². The molecule has 0 bridgehead atoms. The summed E-state index contributed by atoms with van der Waals surface area (Å²) in [6.07, 6.45) is 0. The molecule has 0 unspecified atom stereocenters. The Morgan fingerprint density at radius 1 is 0.850 bits per heavy atom. The van der Waals surface area contributed by atoms with Gasteiger partial charge in [-0.15, -0.1) is 0 Å². The van der Waals surface area contributed by atoms with Crippen molar-refractivity contribution in [2.24, 2.45) is 0 Å². The predicted molar refractivity (Wildman–Crippen MR) is 80.3 cm³/mol. The van der Waals surface area contributed by atoms with Crippen molar-refractivity contribution < 1.29 is 9.59 Å². The van der Waals surface area contributed by atoms with Gasteiger partial charge >= 0.3 is 0 Å². The standard InChI is InChI=1S/C17H17NO2/c1-11-8-12(2)10-15(9-11)17(20)18-16-6-4-14(5-7-16)13(3)19/h4-10H,1-3H3,(H,18,20). The topological polar surface area (TPSA) is 46.2 Å². The molecule has 2 rings (SSSR count). The summed E-state index contributed by atoms with van der Waals surface area (Å²) in [4.78, 5) is 23.3. The minimum Gasteiger partial charge on any atom is -0.322 e. The van der Waals surface area contributed by atoms with E-state index in [-0.39, 0.29) is 11.7 Å². The fourth-order valence-corrected chi connectivity index (χ4v) is 2.10. The molecule has 2 aromatic carbocycles. The number of aryl methyl sites for hydroxylation is 2. The third-order valence-electron chi connectivity index (χ3n) is 3.03. The average molecular weight is 267 g/mol. The molecular weight excluding hydrogens is 250 g/mol. The van der Waals surface area contributed by atoms with Crippen molar-refractivity contribution >= 4 is 17.4 Å². The summed E-state index contributed by atoms with van der Waals surface area (Å²) in [6, 6.07) is 12.6. The molecule has 0 aliphatic heterocycles. The maximum Gasteiger partial charge on any atom is 0.255 e. The Morgan fingerprint density at radius 2 is 1.40 bits per heavy atom. The summed E-state index contributed by atoms with van der Waals surface area (Å²) in [7, 11) is 0. The van der Waals surface area contributed by atoms with E-state index in [0.29, 0.717) is 16.8 Å². The van der Waals surface area contributed by atoms with Gasteiger partial charge < -0.3 is 5.32 Å². The number of benzene rings is 2. The Morgan fingerprint density at radius 3 is 1.90 bits per heavy atom. The van der Waals surface area contributed by atoms with Crippen LogP contribution in [-0.4, -0.2) is 11.7 Å². The maximum atomic E-state index is 12.2. The van der Waals surface area contributed by atoms with Crippen LogP contribution in [0, 0.1) is 13.8 Å². The minimum absolute atomic E-state index is 0.0113. The van der Waals surface area contributed by atoms with Crippen molar-refractivity contribution in [2.75, 3.05) is 5.32 Å². The summed E-state index contributed by atoms with van der Waals surface area (Å²) in [5, 5.41) is 2.83. The first-order valence-corrected chi connectivity index (χ1v) is 6.46. The lowest BCUT2D eigenvalue weighted by Gasteiger charge is -2.07. The van der Waals surface area contributed by atoms with Gasteiger partial charge in [0.2, 0.25) is 0 Å². The van der Waals surface area contributed by atoms with Crippen molar-refractivity contribution in [3.63, 3.8) is 0 Å². The highest BCUT2D eigenvalue weighted by Gasteiger charge is 2.07. The number of nitrogens with one attached hydrogen (secondary N) is 1. The Bertz CT molecular complexity index is 637. The first-order valence-electron chi connectivity index (χ1n) is 6.46. The zero-order valence-corrected chi connectivity index (χ0v) is 11.9. The van der Waals surface area contributed by atoms with Gasteiger partial charge in [0.1, 0.15) is 0 Å². The van der Waals surface area contributed by atoms with Crippen molar-refractivity contribution in [1.82, 2.24) is 0 Å². The molecule has 0 heterocycles. The summed E-state index contributed by atoms with van der Waals surface area (Å²) >= 11 is 0. The van der Waals surface area contributed by atoms with Gasteiger partial charge in [-0.1, -0.05) is 17.2 Å². The fraction of sp³-hybridized carbons (Fsp3) is 0.176. The predicted octanol–water partition coefficient (Wildman–Crippen LogP) is 3.76. The summed E-state index contributed by atoms with van der Waals surface area (Å²) < 4.78 is 0. The molecule has 3 nitrogen and oxygen atoms in total. The van der Waals surface area contributed by atoms with E-state index < -0.39 is 0 Å². The largest absolute Gasteiger partial charge is 0.322 e. The smallest absolute Gasteiger partial charge is 0.255 e. The van der Waals surface area contributed by atoms with Crippen molar-refractivity contribution in [2.45, 2.75) is 20.8 Å². The third kappa shape index (κ3) is 3.32. The quantitative estimate of drug-likeness (QED) is 0.861. The number of hydrogen-bond donors (Lipinski definition) is 1. The number of carbonyl (C=O) groups is 2. The maximum absolute atomic E-state index is 12.2. The molecule has 0 radical (unpaired) electrons. The van der Waals surface area contributed by atoms with Gasteiger partial charge in [-0.3, -0.25) is 9.59 Å². The van der Waals surface area contributed by atoms with Crippen LogP contribution in [0.1, 0.15) is 38.8 Å². The van der Waals surface area contributed by atoms with E-state index >= 15 is 0 Å². The second-order valence-electron chi connectivity index (χ2n) is 4.96. The van der Waals surface area contributed by atoms with E-state index in [1.807, 2.05) is 32.0 Å². The minimum atomic E-state index is -0.146. The van der Waals surface area contributed by atoms with Crippen molar-refractivity contribution in [1.29, 1.82) is 0 Å². The van der Waals surface area contributed by atoms with Crippen LogP contribution in [0.25, 0.3) is 0 Å². The van der Waals surface area contributed by atoms with E-state index in [1.165, 1.54) is 6.92 Å². The number of anilines is 1. The Hall–Kier alpha value is -2.42. The molecular formula is C17H17NO2. The van der Waals surface area contributed by atoms with E-state index in [0.717, 1.165) is 11.1 Å². The summed E-state index contributed by atoms with van der Waals surface area (Å²) in [5.74, 6) is -0.135. The lowest BCUT2D eigenvalue weighted by Crippen LogP contribution is -2.12. The van der Waals surface area contributed by atoms with Gasteiger partial charge in [0.15, 0.2) is 5.78 Å². The third-order valence-corrected chi connectivity index (χ3v) is 3.03. The van der Waals surface area contributed by atoms with Gasteiger partial charge in [0.05, 0.1) is 0 Å². The second-order valence-corrected chi connectivity index (χ2v) is 4.96. The van der Waals surface area contributed by atoms with E-state index in [2.05, 4.69) is 5.32 Å². The first kappa shape index (κ1) is 14.0. The van der Waals surface area contributed by atoms with E-state index in [4.69, 9.17) is 0 Å². The number of rotatable bonds is 3. The highest BCUT2D eigenvalue weighted by molar-refractivity contribution is 6.04. The fourth-order valence-electron chi connectivity index (χ4n) is 2.10. The molecule has 20 heavy (non-hydrogen) atoms. The summed E-state index contributed by atoms with van der Waals surface area (Å²) in [6.45, 7) is 5.44. The highest BCUT2D eigenvalue weighted by atomic mass is 16.1. The molecule has 0 spiro atoms. The SMILES string of the molecule is CC(=O)c1ccc(NC(=O)c2cc(C)cc(C)c2)cc1. The van der Waals surface area contributed by atoms with Gasteiger partial charge in [0, 0.05) is 16.8 Å². The average Bonchev–Trinajstić information content (AvgIpc) is 2.38.